The average Bonchev–Trinajstić information content (AvgIpc) is 2.82. The van der Waals surface area contributed by atoms with Crippen LogP contribution >= 0.6 is 12.2 Å². The molecule has 36 heavy (non-hydrogen) atoms. The van der Waals surface area contributed by atoms with Crippen molar-refractivity contribution in [3.63, 3.8) is 0 Å². The van der Waals surface area contributed by atoms with E-state index >= 15 is 0 Å². The SMILES string of the molecule is CC(C)(CO)NC[C@H]1CN(S(=O)(=O)C2=CC=CCC2=S)CCN1c1ccc([C@](C)(O)C(F)(F)F)cc1. The molecule has 0 amide bonds. The molecule has 1 aromatic rings. The third-order valence-electron chi connectivity index (χ3n) is 6.55. The van der Waals surface area contributed by atoms with Gasteiger partial charge in [0.2, 0.25) is 10.0 Å². The van der Waals surface area contributed by atoms with Crippen molar-refractivity contribution < 1.29 is 31.8 Å². The summed E-state index contributed by atoms with van der Waals surface area (Å²) >= 11 is 5.28. The second-order valence-corrected chi connectivity index (χ2v) is 12.2. The third kappa shape index (κ3) is 6.00. The van der Waals surface area contributed by atoms with Crippen molar-refractivity contribution in [2.24, 2.45) is 0 Å². The molecule has 0 unspecified atom stereocenters. The van der Waals surface area contributed by atoms with E-state index in [1.54, 1.807) is 26.0 Å². The van der Waals surface area contributed by atoms with Crippen LogP contribution in [0.3, 0.4) is 0 Å². The number of hydrogen-bond donors (Lipinski definition) is 3. The lowest BCUT2D eigenvalue weighted by molar-refractivity contribution is -0.258. The Balaban J connectivity index is 1.88. The molecule has 0 radical (unpaired) electrons. The monoisotopic (exact) mass is 547 g/mol. The summed E-state index contributed by atoms with van der Waals surface area (Å²) in [7, 11) is -3.83. The zero-order valence-electron chi connectivity index (χ0n) is 20.4. The first-order valence-corrected chi connectivity index (χ1v) is 13.4. The Labute approximate surface area is 215 Å². The first-order valence-electron chi connectivity index (χ1n) is 11.5. The molecule has 7 nitrogen and oxygen atoms in total. The van der Waals surface area contributed by atoms with Crippen molar-refractivity contribution >= 4 is 32.8 Å². The van der Waals surface area contributed by atoms with E-state index in [1.165, 1.54) is 34.6 Å². The van der Waals surface area contributed by atoms with Crippen LogP contribution < -0.4 is 10.2 Å². The molecule has 0 saturated carbocycles. The fourth-order valence-corrected chi connectivity index (χ4v) is 6.11. The van der Waals surface area contributed by atoms with E-state index in [4.69, 9.17) is 12.2 Å². The minimum Gasteiger partial charge on any atom is -0.394 e. The number of halogens is 3. The van der Waals surface area contributed by atoms with Crippen LogP contribution in [0.1, 0.15) is 32.8 Å². The van der Waals surface area contributed by atoms with E-state index < -0.39 is 27.3 Å². The summed E-state index contributed by atoms with van der Waals surface area (Å²) in [5.41, 5.74) is -3.31. The van der Waals surface area contributed by atoms with Gasteiger partial charge in [0.25, 0.3) is 0 Å². The summed E-state index contributed by atoms with van der Waals surface area (Å²) in [6.45, 7) is 5.05. The molecule has 1 saturated heterocycles. The Kier molecular flexibility index (Phi) is 8.38. The molecular formula is C24H32F3N3O4S2. The Hall–Kier alpha value is -1.83. The van der Waals surface area contributed by atoms with E-state index in [2.05, 4.69) is 5.32 Å². The highest BCUT2D eigenvalue weighted by atomic mass is 32.2. The van der Waals surface area contributed by atoms with Crippen LogP contribution in [-0.2, 0) is 15.6 Å². The molecule has 200 valence electrons. The van der Waals surface area contributed by atoms with Crippen LogP contribution in [0.4, 0.5) is 18.9 Å². The van der Waals surface area contributed by atoms with Crippen LogP contribution in [0.15, 0.2) is 47.4 Å². The average molecular weight is 548 g/mol. The fourth-order valence-electron chi connectivity index (χ4n) is 4.04. The van der Waals surface area contributed by atoms with Gasteiger partial charge in [0, 0.05) is 48.7 Å². The molecule has 0 bridgehead atoms. The lowest BCUT2D eigenvalue weighted by Gasteiger charge is -2.43. The lowest BCUT2D eigenvalue weighted by Crippen LogP contribution is -2.60. The van der Waals surface area contributed by atoms with Crippen LogP contribution in [0.2, 0.25) is 0 Å². The van der Waals surface area contributed by atoms with E-state index in [0.717, 1.165) is 0 Å². The normalized spacial score (nSPS) is 21.9. The molecule has 1 aliphatic carbocycles. The van der Waals surface area contributed by atoms with Gasteiger partial charge in [0.1, 0.15) is 0 Å². The largest absolute Gasteiger partial charge is 0.421 e. The van der Waals surface area contributed by atoms with Gasteiger partial charge in [-0.3, -0.25) is 0 Å². The van der Waals surface area contributed by atoms with Gasteiger partial charge in [0.15, 0.2) is 5.60 Å². The second kappa shape index (κ2) is 10.5. The number of nitrogens with zero attached hydrogens (tertiary/aromatic N) is 2. The summed E-state index contributed by atoms with van der Waals surface area (Å²) in [5.74, 6) is 0. The molecule has 12 heteroatoms. The first-order chi connectivity index (χ1) is 16.6. The number of sulfonamides is 1. The van der Waals surface area contributed by atoms with Crippen LogP contribution in [0.5, 0.6) is 0 Å². The summed E-state index contributed by atoms with van der Waals surface area (Å²) < 4.78 is 67.9. The van der Waals surface area contributed by atoms with Crippen LogP contribution in [-0.4, -0.2) is 78.3 Å². The number of anilines is 1. The number of benzene rings is 1. The van der Waals surface area contributed by atoms with Gasteiger partial charge >= 0.3 is 6.18 Å². The van der Waals surface area contributed by atoms with Crippen LogP contribution in [0.25, 0.3) is 0 Å². The van der Waals surface area contributed by atoms with E-state index in [0.29, 0.717) is 30.4 Å². The molecule has 1 aliphatic heterocycles. The number of rotatable bonds is 8. The Bertz CT molecular complexity index is 1130. The highest BCUT2D eigenvalue weighted by Gasteiger charge is 2.51. The zero-order chi connectivity index (χ0) is 26.9. The quantitative estimate of drug-likeness (QED) is 0.431. The third-order valence-corrected chi connectivity index (χ3v) is 9.02. The first kappa shape index (κ1) is 28.7. The summed E-state index contributed by atoms with van der Waals surface area (Å²) in [4.78, 5) is 2.38. The van der Waals surface area contributed by atoms with Crippen LogP contribution in [0, 0.1) is 0 Å². The fraction of sp³-hybridized carbons (Fsp3) is 0.542. The smallest absolute Gasteiger partial charge is 0.394 e. The summed E-state index contributed by atoms with van der Waals surface area (Å²) in [5, 5.41) is 22.9. The number of aliphatic hydroxyl groups is 2. The molecule has 2 aliphatic rings. The van der Waals surface area contributed by atoms with Gasteiger partial charge in [-0.1, -0.05) is 36.5 Å². The maximum absolute atomic E-state index is 13.4. The minimum absolute atomic E-state index is 0.106. The Morgan fingerprint density at radius 2 is 1.78 bits per heavy atom. The van der Waals surface area contributed by atoms with E-state index in [1.807, 2.05) is 4.90 Å². The molecule has 0 spiro atoms. The molecular weight excluding hydrogens is 515 g/mol. The molecule has 1 heterocycles. The zero-order valence-corrected chi connectivity index (χ0v) is 22.1. The molecule has 3 N–H and O–H groups in total. The van der Waals surface area contributed by atoms with E-state index in [-0.39, 0.29) is 42.8 Å². The van der Waals surface area contributed by atoms with Gasteiger partial charge in [-0.05, 0) is 44.5 Å². The topological polar surface area (TPSA) is 93.1 Å². The molecule has 2 atom stereocenters. The maximum atomic E-state index is 13.4. The standard InChI is InChI=1S/C24H32F3N3O4S2/c1-22(2,16-31)28-14-19-15-29(36(33,34)21-7-5-4-6-20(21)35)12-13-30(19)18-10-8-17(9-11-18)23(3,32)24(25,26)27/h4-5,7-11,19,28,31-32H,6,12-16H2,1-3H3/t19-,23-/m0/s1. The summed E-state index contributed by atoms with van der Waals surface area (Å²) in [6.07, 6.45) is 0.507. The highest BCUT2D eigenvalue weighted by Crippen LogP contribution is 2.39. The van der Waals surface area contributed by atoms with Crippen molar-refractivity contribution in [2.75, 3.05) is 37.7 Å². The van der Waals surface area contributed by atoms with Gasteiger partial charge in [-0.15, -0.1) is 0 Å². The summed E-state index contributed by atoms with van der Waals surface area (Å²) in [6, 6.07) is 5.06. The van der Waals surface area contributed by atoms with Gasteiger partial charge in [-0.25, -0.2) is 8.42 Å². The number of hydrogen-bond acceptors (Lipinski definition) is 7. The molecule has 0 aromatic heterocycles. The van der Waals surface area contributed by atoms with Crippen molar-refractivity contribution in [2.45, 2.75) is 50.6 Å². The number of nitrogens with one attached hydrogen (secondary N) is 1. The molecule has 1 fully saturated rings. The number of aliphatic hydroxyl groups excluding tert-OH is 1. The number of alkyl halides is 3. The number of piperazine rings is 1. The van der Waals surface area contributed by atoms with E-state index in [9.17, 15) is 31.8 Å². The molecule has 3 rings (SSSR count). The van der Waals surface area contributed by atoms with Gasteiger partial charge in [-0.2, -0.15) is 17.5 Å². The van der Waals surface area contributed by atoms with Crippen molar-refractivity contribution in [1.29, 1.82) is 0 Å². The second-order valence-electron chi connectivity index (χ2n) is 9.84. The van der Waals surface area contributed by atoms with Gasteiger partial charge in [0.05, 0.1) is 17.6 Å². The Morgan fingerprint density at radius 3 is 2.33 bits per heavy atom. The van der Waals surface area contributed by atoms with Crippen molar-refractivity contribution in [3.05, 3.63) is 53.0 Å². The minimum atomic E-state index is -4.83. The maximum Gasteiger partial charge on any atom is 0.421 e. The highest BCUT2D eigenvalue weighted by molar-refractivity contribution is 7.96. The Morgan fingerprint density at radius 1 is 1.14 bits per heavy atom. The number of allylic oxidation sites excluding steroid dienone is 4. The van der Waals surface area contributed by atoms with Crippen molar-refractivity contribution in [3.8, 4) is 0 Å². The van der Waals surface area contributed by atoms with Gasteiger partial charge < -0.3 is 20.4 Å². The van der Waals surface area contributed by atoms with Crippen molar-refractivity contribution in [1.82, 2.24) is 9.62 Å². The predicted octanol–water partition coefficient (Wildman–Crippen LogP) is 2.85. The molecule has 1 aromatic carbocycles. The lowest BCUT2D eigenvalue weighted by atomic mass is 9.95. The predicted molar refractivity (Wildman–Crippen MR) is 137 cm³/mol. The number of thiocarbonyl (C=S) groups is 1.